The van der Waals surface area contributed by atoms with E-state index in [0.29, 0.717) is 12.1 Å². The lowest BCUT2D eigenvalue weighted by molar-refractivity contribution is 0.00819. The van der Waals surface area contributed by atoms with Gasteiger partial charge >= 0.3 is 0 Å². The molecular weight excluding hydrogens is 212 g/mol. The minimum atomic E-state index is 0.460. The number of ether oxygens (including phenoxy) is 1. The Labute approximate surface area is 106 Å². The highest BCUT2D eigenvalue weighted by atomic mass is 16.5. The van der Waals surface area contributed by atoms with Crippen LogP contribution in [0.25, 0.3) is 0 Å². The number of hydrogen-bond donors (Lipinski definition) is 2. The number of nitrogens with two attached hydrogens (primary N) is 1. The quantitative estimate of drug-likeness (QED) is 0.508. The zero-order chi connectivity index (χ0) is 12.5. The fraction of sp³-hybridized carbons (Fsp3) is 1.00. The van der Waals surface area contributed by atoms with Crippen LogP contribution in [-0.2, 0) is 4.74 Å². The Morgan fingerprint density at radius 3 is 2.76 bits per heavy atom. The molecule has 0 amide bonds. The summed E-state index contributed by atoms with van der Waals surface area (Å²) in [6.07, 6.45) is 10.4. The molecule has 1 aliphatic heterocycles. The Kier molecular flexibility index (Phi) is 7.82. The average Bonchev–Trinajstić information content (AvgIpc) is 2.36. The minimum absolute atomic E-state index is 0.460. The van der Waals surface area contributed by atoms with E-state index in [1.165, 1.54) is 38.5 Å². The molecule has 1 saturated heterocycles. The van der Waals surface area contributed by atoms with Crippen LogP contribution in [0.1, 0.15) is 65.2 Å². The number of nitrogens with one attached hydrogen (secondary N) is 1. The van der Waals surface area contributed by atoms with Gasteiger partial charge in [-0.15, -0.1) is 0 Å². The van der Waals surface area contributed by atoms with Crippen LogP contribution in [0.3, 0.4) is 0 Å². The van der Waals surface area contributed by atoms with Crippen molar-refractivity contribution in [1.82, 2.24) is 5.43 Å². The molecule has 0 bridgehead atoms. The monoisotopic (exact) mass is 242 g/mol. The van der Waals surface area contributed by atoms with Gasteiger partial charge < -0.3 is 4.74 Å². The highest BCUT2D eigenvalue weighted by molar-refractivity contribution is 4.72. The van der Waals surface area contributed by atoms with Crippen LogP contribution < -0.4 is 11.3 Å². The minimum Gasteiger partial charge on any atom is -0.378 e. The van der Waals surface area contributed by atoms with E-state index in [2.05, 4.69) is 19.3 Å². The molecule has 0 aromatic heterocycles. The predicted molar refractivity (Wildman–Crippen MR) is 72.6 cm³/mol. The van der Waals surface area contributed by atoms with Crippen molar-refractivity contribution >= 4 is 0 Å². The molecule has 3 N–H and O–H groups in total. The second-order valence-corrected chi connectivity index (χ2v) is 5.56. The van der Waals surface area contributed by atoms with Crippen molar-refractivity contribution < 1.29 is 4.74 Å². The lowest BCUT2D eigenvalue weighted by Gasteiger charge is -2.25. The summed E-state index contributed by atoms with van der Waals surface area (Å²) < 4.78 is 5.76. The molecule has 0 aromatic rings. The van der Waals surface area contributed by atoms with Gasteiger partial charge in [-0.2, -0.15) is 0 Å². The standard InChI is InChI=1S/C14H30N2O/c1-3-6-12(2)11-13(16-15)8-9-14-7-4-5-10-17-14/h12-14,16H,3-11,15H2,1-2H3. The summed E-state index contributed by atoms with van der Waals surface area (Å²) in [5.74, 6) is 6.41. The molecule has 0 saturated carbocycles. The summed E-state index contributed by atoms with van der Waals surface area (Å²) in [6, 6.07) is 0.460. The van der Waals surface area contributed by atoms with Crippen LogP contribution in [0.5, 0.6) is 0 Å². The first-order valence-corrected chi connectivity index (χ1v) is 7.34. The number of hydrazine groups is 1. The van der Waals surface area contributed by atoms with Gasteiger partial charge in [-0.25, -0.2) is 0 Å². The van der Waals surface area contributed by atoms with Crippen molar-refractivity contribution in [3.05, 3.63) is 0 Å². The zero-order valence-corrected chi connectivity index (χ0v) is 11.6. The van der Waals surface area contributed by atoms with E-state index in [4.69, 9.17) is 10.6 Å². The lowest BCUT2D eigenvalue weighted by atomic mass is 9.93. The number of rotatable bonds is 8. The van der Waals surface area contributed by atoms with Gasteiger partial charge in [-0.3, -0.25) is 11.3 Å². The van der Waals surface area contributed by atoms with E-state index in [-0.39, 0.29) is 0 Å². The Morgan fingerprint density at radius 1 is 1.35 bits per heavy atom. The Balaban J connectivity index is 2.16. The molecule has 3 unspecified atom stereocenters. The highest BCUT2D eigenvalue weighted by Gasteiger charge is 2.17. The first-order valence-electron chi connectivity index (χ1n) is 7.34. The van der Waals surface area contributed by atoms with Crippen LogP contribution in [0.4, 0.5) is 0 Å². The lowest BCUT2D eigenvalue weighted by Crippen LogP contribution is -2.37. The Hall–Kier alpha value is -0.120. The summed E-state index contributed by atoms with van der Waals surface area (Å²) in [5.41, 5.74) is 2.98. The van der Waals surface area contributed by atoms with Crippen molar-refractivity contribution in [2.45, 2.75) is 77.4 Å². The van der Waals surface area contributed by atoms with Gasteiger partial charge in [0.1, 0.15) is 0 Å². The highest BCUT2D eigenvalue weighted by Crippen LogP contribution is 2.20. The third-order valence-electron chi connectivity index (χ3n) is 3.82. The number of hydrogen-bond acceptors (Lipinski definition) is 3. The van der Waals surface area contributed by atoms with Crippen LogP contribution in [0.15, 0.2) is 0 Å². The van der Waals surface area contributed by atoms with Crippen molar-refractivity contribution in [3.8, 4) is 0 Å². The molecule has 17 heavy (non-hydrogen) atoms. The summed E-state index contributed by atoms with van der Waals surface area (Å²) in [5, 5.41) is 0. The molecule has 0 radical (unpaired) electrons. The van der Waals surface area contributed by atoms with Gasteiger partial charge in [-0.1, -0.05) is 26.7 Å². The third-order valence-corrected chi connectivity index (χ3v) is 3.82. The van der Waals surface area contributed by atoms with Crippen LogP contribution in [0, 0.1) is 5.92 Å². The normalized spacial score (nSPS) is 24.5. The van der Waals surface area contributed by atoms with Crippen LogP contribution in [-0.4, -0.2) is 18.8 Å². The molecular formula is C14H30N2O. The van der Waals surface area contributed by atoms with Crippen molar-refractivity contribution in [2.24, 2.45) is 11.8 Å². The van der Waals surface area contributed by atoms with E-state index in [0.717, 1.165) is 25.4 Å². The summed E-state index contributed by atoms with van der Waals surface area (Å²) >= 11 is 0. The molecule has 0 spiro atoms. The maximum atomic E-state index is 5.76. The van der Waals surface area contributed by atoms with E-state index in [1.54, 1.807) is 0 Å². The first kappa shape index (κ1) is 14.9. The van der Waals surface area contributed by atoms with Gasteiger partial charge in [-0.05, 0) is 44.4 Å². The smallest absolute Gasteiger partial charge is 0.0575 e. The summed E-state index contributed by atoms with van der Waals surface area (Å²) in [4.78, 5) is 0. The maximum absolute atomic E-state index is 5.76. The van der Waals surface area contributed by atoms with Gasteiger partial charge in [0, 0.05) is 12.6 Å². The molecule has 1 aliphatic rings. The molecule has 1 heterocycles. The van der Waals surface area contributed by atoms with E-state index in [1.807, 2.05) is 0 Å². The molecule has 1 rings (SSSR count). The topological polar surface area (TPSA) is 47.3 Å². The molecule has 0 aliphatic carbocycles. The van der Waals surface area contributed by atoms with Crippen molar-refractivity contribution in [1.29, 1.82) is 0 Å². The summed E-state index contributed by atoms with van der Waals surface area (Å²) in [7, 11) is 0. The second-order valence-electron chi connectivity index (χ2n) is 5.56. The predicted octanol–water partition coefficient (Wildman–Crippen LogP) is 2.99. The molecule has 1 fully saturated rings. The zero-order valence-electron chi connectivity index (χ0n) is 11.6. The maximum Gasteiger partial charge on any atom is 0.0575 e. The van der Waals surface area contributed by atoms with E-state index < -0.39 is 0 Å². The van der Waals surface area contributed by atoms with Gasteiger partial charge in [0.15, 0.2) is 0 Å². The first-order chi connectivity index (χ1) is 8.26. The second kappa shape index (κ2) is 8.90. The third kappa shape index (κ3) is 6.39. The van der Waals surface area contributed by atoms with Gasteiger partial charge in [0.2, 0.25) is 0 Å². The largest absolute Gasteiger partial charge is 0.378 e. The Bertz CT molecular complexity index is 181. The van der Waals surface area contributed by atoms with E-state index in [9.17, 15) is 0 Å². The molecule has 3 nitrogen and oxygen atoms in total. The van der Waals surface area contributed by atoms with Crippen molar-refractivity contribution in [2.75, 3.05) is 6.61 Å². The van der Waals surface area contributed by atoms with Crippen molar-refractivity contribution in [3.63, 3.8) is 0 Å². The summed E-state index contributed by atoms with van der Waals surface area (Å²) in [6.45, 7) is 5.53. The Morgan fingerprint density at radius 2 is 2.18 bits per heavy atom. The molecule has 3 atom stereocenters. The molecule has 0 aromatic carbocycles. The fourth-order valence-electron chi connectivity index (χ4n) is 2.79. The molecule has 3 heteroatoms. The van der Waals surface area contributed by atoms with Crippen LogP contribution in [0.2, 0.25) is 0 Å². The average molecular weight is 242 g/mol. The van der Waals surface area contributed by atoms with Crippen LogP contribution >= 0.6 is 0 Å². The molecule has 102 valence electrons. The van der Waals surface area contributed by atoms with E-state index >= 15 is 0 Å². The fourth-order valence-corrected chi connectivity index (χ4v) is 2.79. The van der Waals surface area contributed by atoms with Gasteiger partial charge in [0.25, 0.3) is 0 Å². The SMILES string of the molecule is CCCC(C)CC(CCC1CCCCO1)NN. The van der Waals surface area contributed by atoms with Gasteiger partial charge in [0.05, 0.1) is 6.10 Å².